The molecule has 7 heteroatoms. The van der Waals surface area contributed by atoms with E-state index in [4.69, 9.17) is 9.47 Å². The van der Waals surface area contributed by atoms with Gasteiger partial charge in [0, 0.05) is 0 Å². The summed E-state index contributed by atoms with van der Waals surface area (Å²) in [5, 5.41) is 0. The van der Waals surface area contributed by atoms with Crippen molar-refractivity contribution in [2.24, 2.45) is 0 Å². The lowest BCUT2D eigenvalue weighted by Crippen LogP contribution is -2.43. The molecule has 0 bridgehead atoms. The van der Waals surface area contributed by atoms with Crippen LogP contribution in [0.4, 0.5) is 0 Å². The fourth-order valence-corrected chi connectivity index (χ4v) is 2.54. The second-order valence-electron chi connectivity index (χ2n) is 4.93. The highest BCUT2D eigenvalue weighted by Crippen LogP contribution is 2.25. The van der Waals surface area contributed by atoms with Crippen LogP contribution in [0.2, 0.25) is 0 Å². The van der Waals surface area contributed by atoms with Gasteiger partial charge in [0.2, 0.25) is 0 Å². The first-order valence-electron chi connectivity index (χ1n) is 7.12. The number of amides is 2. The average molecular weight is 393 g/mol. The third-order valence-electron chi connectivity index (χ3n) is 3.11. The Bertz CT molecular complexity index is 749. The summed E-state index contributed by atoms with van der Waals surface area (Å²) < 4.78 is 11.3. The number of carbonyl (C=O) groups is 2. The third kappa shape index (κ3) is 4.73. The predicted octanol–water partition coefficient (Wildman–Crippen LogP) is 2.61. The number of hydrazine groups is 1. The lowest BCUT2D eigenvalue weighted by molar-refractivity contribution is -0.123. The zero-order valence-electron chi connectivity index (χ0n) is 13.3. The number of methoxy groups -OCH3 is 1. The average Bonchev–Trinajstić information content (AvgIpc) is 2.58. The van der Waals surface area contributed by atoms with Crippen LogP contribution in [0.5, 0.6) is 11.5 Å². The van der Waals surface area contributed by atoms with Gasteiger partial charge in [0.25, 0.3) is 11.8 Å². The summed E-state index contributed by atoms with van der Waals surface area (Å²) >= 11 is 3.37. The van der Waals surface area contributed by atoms with Crippen molar-refractivity contribution in [2.45, 2.75) is 6.92 Å². The first kappa shape index (κ1) is 17.8. The number of benzene rings is 2. The molecule has 0 saturated carbocycles. The minimum Gasteiger partial charge on any atom is -0.496 e. The molecule has 6 nitrogen and oxygen atoms in total. The minimum atomic E-state index is -0.481. The van der Waals surface area contributed by atoms with Crippen LogP contribution in [0.25, 0.3) is 0 Å². The van der Waals surface area contributed by atoms with Crippen LogP contribution in [-0.2, 0) is 4.79 Å². The Hall–Kier alpha value is -2.54. The number of aryl methyl sites for hydroxylation is 1. The highest BCUT2D eigenvalue weighted by molar-refractivity contribution is 9.10. The number of para-hydroxylation sites is 1. The van der Waals surface area contributed by atoms with Crippen LogP contribution in [0.3, 0.4) is 0 Å². The summed E-state index contributed by atoms with van der Waals surface area (Å²) in [6, 6.07) is 12.2. The molecule has 0 atom stereocenters. The molecule has 24 heavy (non-hydrogen) atoms. The number of hydrogen-bond donors (Lipinski definition) is 2. The molecule has 0 aromatic heterocycles. The highest BCUT2D eigenvalue weighted by atomic mass is 79.9. The minimum absolute atomic E-state index is 0.228. The van der Waals surface area contributed by atoms with Crippen molar-refractivity contribution in [3.8, 4) is 11.5 Å². The van der Waals surface area contributed by atoms with Crippen molar-refractivity contribution < 1.29 is 19.1 Å². The SMILES string of the molecule is COc1ccccc1C(=O)NNC(=O)COc1ccc(C)cc1Br. The van der Waals surface area contributed by atoms with E-state index in [0.717, 1.165) is 10.0 Å². The van der Waals surface area contributed by atoms with E-state index >= 15 is 0 Å². The van der Waals surface area contributed by atoms with E-state index < -0.39 is 11.8 Å². The van der Waals surface area contributed by atoms with Gasteiger partial charge in [0.05, 0.1) is 17.1 Å². The Morgan fingerprint density at radius 1 is 1.08 bits per heavy atom. The smallest absolute Gasteiger partial charge is 0.276 e. The van der Waals surface area contributed by atoms with Gasteiger partial charge in [-0.05, 0) is 52.7 Å². The first-order chi connectivity index (χ1) is 11.5. The van der Waals surface area contributed by atoms with E-state index in [1.807, 2.05) is 19.1 Å². The molecule has 0 spiro atoms. The molecule has 0 radical (unpaired) electrons. The van der Waals surface area contributed by atoms with Crippen molar-refractivity contribution >= 4 is 27.7 Å². The van der Waals surface area contributed by atoms with Gasteiger partial charge in [-0.25, -0.2) is 0 Å². The van der Waals surface area contributed by atoms with Crippen LogP contribution in [-0.4, -0.2) is 25.5 Å². The van der Waals surface area contributed by atoms with E-state index in [-0.39, 0.29) is 6.61 Å². The summed E-state index contributed by atoms with van der Waals surface area (Å²) in [5.41, 5.74) is 6.02. The normalized spacial score (nSPS) is 9.96. The van der Waals surface area contributed by atoms with Crippen LogP contribution < -0.4 is 20.3 Å². The third-order valence-corrected chi connectivity index (χ3v) is 3.73. The maximum absolute atomic E-state index is 12.0. The molecular formula is C17H17BrN2O4. The van der Waals surface area contributed by atoms with Crippen LogP contribution in [0.1, 0.15) is 15.9 Å². The zero-order chi connectivity index (χ0) is 17.5. The maximum atomic E-state index is 12.0. The number of hydrogen-bond acceptors (Lipinski definition) is 4. The molecule has 2 aromatic carbocycles. The Labute approximate surface area is 148 Å². The summed E-state index contributed by atoms with van der Waals surface area (Å²) in [6.07, 6.45) is 0. The van der Waals surface area contributed by atoms with Crippen LogP contribution in [0, 0.1) is 6.92 Å². The summed E-state index contributed by atoms with van der Waals surface area (Å²) in [4.78, 5) is 23.8. The van der Waals surface area contributed by atoms with E-state index in [1.165, 1.54) is 7.11 Å². The second-order valence-corrected chi connectivity index (χ2v) is 5.78. The fourth-order valence-electron chi connectivity index (χ4n) is 1.93. The van der Waals surface area contributed by atoms with E-state index in [1.54, 1.807) is 30.3 Å². The van der Waals surface area contributed by atoms with Crippen LogP contribution in [0.15, 0.2) is 46.9 Å². The molecule has 0 heterocycles. The van der Waals surface area contributed by atoms with Crippen molar-refractivity contribution in [3.63, 3.8) is 0 Å². The monoisotopic (exact) mass is 392 g/mol. The maximum Gasteiger partial charge on any atom is 0.276 e. The van der Waals surface area contributed by atoms with Gasteiger partial charge in [-0.3, -0.25) is 20.4 Å². The second kappa shape index (κ2) is 8.35. The van der Waals surface area contributed by atoms with E-state index in [9.17, 15) is 9.59 Å². The van der Waals surface area contributed by atoms with Gasteiger partial charge in [-0.1, -0.05) is 18.2 Å². The van der Waals surface area contributed by atoms with Crippen molar-refractivity contribution in [3.05, 3.63) is 58.1 Å². The Balaban J connectivity index is 1.85. The molecule has 0 aliphatic rings. The molecule has 2 N–H and O–H groups in total. The van der Waals surface area contributed by atoms with Gasteiger partial charge < -0.3 is 9.47 Å². The lowest BCUT2D eigenvalue weighted by Gasteiger charge is -2.11. The summed E-state index contributed by atoms with van der Waals surface area (Å²) in [5.74, 6) is 0.0129. The number of ether oxygens (including phenoxy) is 2. The lowest BCUT2D eigenvalue weighted by atomic mass is 10.2. The topological polar surface area (TPSA) is 76.7 Å². The Morgan fingerprint density at radius 2 is 1.83 bits per heavy atom. The van der Waals surface area contributed by atoms with Gasteiger partial charge in [-0.15, -0.1) is 0 Å². The molecule has 0 unspecified atom stereocenters. The molecule has 0 aliphatic heterocycles. The molecule has 126 valence electrons. The molecule has 2 aromatic rings. The summed E-state index contributed by atoms with van der Waals surface area (Å²) in [6.45, 7) is 1.72. The van der Waals surface area contributed by atoms with Crippen molar-refractivity contribution in [1.29, 1.82) is 0 Å². The highest BCUT2D eigenvalue weighted by Gasteiger charge is 2.12. The van der Waals surface area contributed by atoms with Gasteiger partial charge >= 0.3 is 0 Å². The van der Waals surface area contributed by atoms with Crippen molar-refractivity contribution in [1.82, 2.24) is 10.9 Å². The van der Waals surface area contributed by atoms with Crippen LogP contribution >= 0.6 is 15.9 Å². The molecular weight excluding hydrogens is 376 g/mol. The van der Waals surface area contributed by atoms with E-state index in [0.29, 0.717) is 17.1 Å². The Kier molecular flexibility index (Phi) is 6.20. The summed E-state index contributed by atoms with van der Waals surface area (Å²) in [7, 11) is 1.47. The predicted molar refractivity (Wildman–Crippen MR) is 93.0 cm³/mol. The quantitative estimate of drug-likeness (QED) is 0.766. The first-order valence-corrected chi connectivity index (χ1v) is 7.91. The molecule has 0 fully saturated rings. The number of carbonyl (C=O) groups excluding carboxylic acids is 2. The fraction of sp³-hybridized carbons (Fsp3) is 0.176. The van der Waals surface area contributed by atoms with E-state index in [2.05, 4.69) is 26.8 Å². The number of rotatable bonds is 5. The molecule has 0 saturated heterocycles. The van der Waals surface area contributed by atoms with Gasteiger partial charge in [0.1, 0.15) is 11.5 Å². The van der Waals surface area contributed by atoms with Crippen molar-refractivity contribution in [2.75, 3.05) is 13.7 Å². The number of nitrogens with one attached hydrogen (secondary N) is 2. The standard InChI is InChI=1S/C17H17BrN2O4/c1-11-7-8-15(13(18)9-11)24-10-16(21)19-20-17(22)12-5-3-4-6-14(12)23-2/h3-9H,10H2,1-2H3,(H,19,21)(H,20,22). The Morgan fingerprint density at radius 3 is 2.54 bits per heavy atom. The van der Waals surface area contributed by atoms with Gasteiger partial charge in [0.15, 0.2) is 6.61 Å². The molecule has 2 amide bonds. The molecule has 0 aliphatic carbocycles. The zero-order valence-corrected chi connectivity index (χ0v) is 14.8. The largest absolute Gasteiger partial charge is 0.496 e. The van der Waals surface area contributed by atoms with Gasteiger partial charge in [-0.2, -0.15) is 0 Å². The number of halogens is 1. The molecule has 2 rings (SSSR count).